The second kappa shape index (κ2) is 9.53. The highest BCUT2D eigenvalue weighted by Gasteiger charge is 2.45. The second-order valence-corrected chi connectivity index (χ2v) is 9.59. The van der Waals surface area contributed by atoms with Crippen LogP contribution in [0, 0.1) is 0 Å². The zero-order chi connectivity index (χ0) is 25.4. The maximum Gasteiger partial charge on any atom is 0.295 e. The molecule has 8 nitrogen and oxygen atoms in total. The van der Waals surface area contributed by atoms with E-state index in [1.54, 1.807) is 23.5 Å². The molecule has 0 radical (unpaired) electrons. The summed E-state index contributed by atoms with van der Waals surface area (Å²) in [6.45, 7) is 3.03. The van der Waals surface area contributed by atoms with Crippen LogP contribution in [0.1, 0.15) is 36.1 Å². The number of nitrogens with zero attached hydrogens (tertiary/aromatic N) is 4. The lowest BCUT2D eigenvalue weighted by Gasteiger charge is -2.26. The number of hydrogen-bond donors (Lipinski definition) is 1. The summed E-state index contributed by atoms with van der Waals surface area (Å²) in [5.74, 6) is -0.631. The molecule has 3 heterocycles. The molecule has 1 fully saturated rings. The van der Waals surface area contributed by atoms with Gasteiger partial charge >= 0.3 is 0 Å². The maximum absolute atomic E-state index is 13.3. The van der Waals surface area contributed by atoms with Crippen LogP contribution in [0.4, 0.5) is 5.69 Å². The van der Waals surface area contributed by atoms with E-state index in [-0.39, 0.29) is 17.4 Å². The van der Waals surface area contributed by atoms with Crippen molar-refractivity contribution in [3.8, 4) is 5.75 Å². The van der Waals surface area contributed by atoms with E-state index < -0.39 is 17.7 Å². The number of hydrogen-bond acceptors (Lipinski definition) is 6. The monoisotopic (exact) mass is 486 g/mol. The van der Waals surface area contributed by atoms with Gasteiger partial charge in [-0.15, -0.1) is 0 Å². The van der Waals surface area contributed by atoms with Gasteiger partial charge in [0, 0.05) is 57.3 Å². The molecule has 0 bridgehead atoms. The number of aryl methyl sites for hydroxylation is 1. The fraction of sp³-hybridized carbons (Fsp3) is 0.321. The lowest BCUT2D eigenvalue weighted by molar-refractivity contribution is -0.139. The van der Waals surface area contributed by atoms with Crippen molar-refractivity contribution in [2.45, 2.75) is 38.5 Å². The van der Waals surface area contributed by atoms with Gasteiger partial charge in [-0.1, -0.05) is 12.1 Å². The minimum atomic E-state index is -0.674. The predicted molar refractivity (Wildman–Crippen MR) is 137 cm³/mol. The average Bonchev–Trinajstić information content (AvgIpc) is 3.57. The van der Waals surface area contributed by atoms with Crippen LogP contribution in [0.15, 0.2) is 66.8 Å². The van der Waals surface area contributed by atoms with E-state index >= 15 is 0 Å². The number of imidazole rings is 1. The van der Waals surface area contributed by atoms with Crippen LogP contribution in [0.5, 0.6) is 5.75 Å². The van der Waals surface area contributed by atoms with Gasteiger partial charge < -0.3 is 24.2 Å². The third kappa shape index (κ3) is 4.34. The first-order chi connectivity index (χ1) is 17.3. The first-order valence-corrected chi connectivity index (χ1v) is 12.1. The van der Waals surface area contributed by atoms with Crippen molar-refractivity contribution in [3.63, 3.8) is 0 Å². The van der Waals surface area contributed by atoms with Gasteiger partial charge in [-0.2, -0.15) is 0 Å². The number of rotatable bonds is 7. The number of aromatic nitrogens is 2. The summed E-state index contributed by atoms with van der Waals surface area (Å²) >= 11 is 0. The normalized spacial score (nSPS) is 20.5. The number of likely N-dealkylation sites (tertiary alicyclic amines) is 1. The number of aliphatic hydroxyl groups excluding tert-OH is 1. The Bertz CT molecular complexity index is 1310. The van der Waals surface area contributed by atoms with E-state index in [0.29, 0.717) is 25.1 Å². The predicted octanol–water partition coefficient (Wildman–Crippen LogP) is 3.78. The molecule has 2 atom stereocenters. The van der Waals surface area contributed by atoms with Crippen molar-refractivity contribution in [2.75, 3.05) is 25.5 Å². The Morgan fingerprint density at radius 2 is 1.92 bits per heavy atom. The van der Waals surface area contributed by atoms with Crippen LogP contribution in [-0.4, -0.2) is 58.0 Å². The zero-order valence-corrected chi connectivity index (χ0v) is 20.7. The average molecular weight is 487 g/mol. The molecule has 2 aliphatic heterocycles. The number of carbonyl (C=O) groups excluding carboxylic acids is 2. The number of benzene rings is 2. The summed E-state index contributed by atoms with van der Waals surface area (Å²) in [5.41, 5.74) is 3.39. The first-order valence-electron chi connectivity index (χ1n) is 12.1. The molecule has 2 aromatic carbocycles. The van der Waals surface area contributed by atoms with Crippen LogP contribution < -0.4 is 9.64 Å². The van der Waals surface area contributed by atoms with E-state index in [4.69, 9.17) is 4.74 Å². The van der Waals surface area contributed by atoms with Crippen LogP contribution >= 0.6 is 0 Å². The third-order valence-electron chi connectivity index (χ3n) is 6.81. The van der Waals surface area contributed by atoms with E-state index in [9.17, 15) is 14.7 Å². The molecule has 8 heteroatoms. The Morgan fingerprint density at radius 3 is 2.61 bits per heavy atom. The molecule has 36 heavy (non-hydrogen) atoms. The van der Waals surface area contributed by atoms with Gasteiger partial charge in [-0.05, 0) is 54.8 Å². The van der Waals surface area contributed by atoms with Crippen LogP contribution in [0.25, 0.3) is 5.76 Å². The van der Waals surface area contributed by atoms with Crippen LogP contribution in [0.2, 0.25) is 0 Å². The summed E-state index contributed by atoms with van der Waals surface area (Å²) < 4.78 is 7.72. The molecule has 5 rings (SSSR count). The quantitative estimate of drug-likeness (QED) is 0.311. The minimum absolute atomic E-state index is 0.0636. The summed E-state index contributed by atoms with van der Waals surface area (Å²) in [6.07, 6.45) is 6.74. The van der Waals surface area contributed by atoms with E-state index in [1.807, 2.05) is 73.1 Å². The van der Waals surface area contributed by atoms with Crippen molar-refractivity contribution in [1.29, 1.82) is 0 Å². The Kier molecular flexibility index (Phi) is 6.26. The van der Waals surface area contributed by atoms with E-state index in [1.165, 1.54) is 0 Å². The second-order valence-electron chi connectivity index (χ2n) is 9.59. The molecule has 2 unspecified atom stereocenters. The largest absolute Gasteiger partial charge is 0.507 e. The smallest absolute Gasteiger partial charge is 0.295 e. The van der Waals surface area contributed by atoms with Crippen molar-refractivity contribution < 1.29 is 19.4 Å². The van der Waals surface area contributed by atoms with Gasteiger partial charge in [-0.25, -0.2) is 4.98 Å². The lowest BCUT2D eigenvalue weighted by atomic mass is 9.94. The molecule has 0 saturated carbocycles. The van der Waals surface area contributed by atoms with E-state index in [2.05, 4.69) is 4.98 Å². The standard InChI is InChI=1S/C28H30N4O4/c1-18-15-21-16-20(7-10-23(21)36-18)26(33)24-25(19-5-8-22(9-6-19)30(2)3)32(28(35)27(24)34)13-4-12-31-14-11-29-17-31/h5-11,14,16-18,25,33H,4,12-13,15H2,1-3H3. The highest BCUT2D eigenvalue weighted by atomic mass is 16.5. The Morgan fingerprint density at radius 1 is 1.14 bits per heavy atom. The Hall–Kier alpha value is -4.07. The number of carbonyl (C=O) groups is 2. The number of amides is 1. The van der Waals surface area contributed by atoms with E-state index in [0.717, 1.165) is 29.0 Å². The van der Waals surface area contributed by atoms with Gasteiger partial charge in [0.25, 0.3) is 11.7 Å². The molecular formula is C28H30N4O4. The minimum Gasteiger partial charge on any atom is -0.507 e. The SMILES string of the molecule is CC1Cc2cc(C(O)=C3C(=O)C(=O)N(CCCn4ccnc4)C3c3ccc(N(C)C)cc3)ccc2O1. The number of aliphatic hydroxyl groups is 1. The molecule has 186 valence electrons. The fourth-order valence-electron chi connectivity index (χ4n) is 4.98. The maximum atomic E-state index is 13.3. The summed E-state index contributed by atoms with van der Waals surface area (Å²) in [4.78, 5) is 34.1. The molecule has 2 aliphatic rings. The zero-order valence-electron chi connectivity index (χ0n) is 20.7. The highest BCUT2D eigenvalue weighted by molar-refractivity contribution is 6.46. The fourth-order valence-corrected chi connectivity index (χ4v) is 4.98. The van der Waals surface area contributed by atoms with Crippen molar-refractivity contribution in [1.82, 2.24) is 14.5 Å². The van der Waals surface area contributed by atoms with Crippen molar-refractivity contribution >= 4 is 23.1 Å². The number of fused-ring (bicyclic) bond motifs is 1. The molecule has 3 aromatic rings. The molecule has 0 aliphatic carbocycles. The van der Waals surface area contributed by atoms with Crippen molar-refractivity contribution in [2.24, 2.45) is 0 Å². The van der Waals surface area contributed by atoms with Gasteiger partial charge in [0.1, 0.15) is 17.6 Å². The Labute approximate surface area is 210 Å². The lowest BCUT2D eigenvalue weighted by Crippen LogP contribution is -2.31. The molecular weight excluding hydrogens is 456 g/mol. The molecule has 1 amide bonds. The molecule has 1 aromatic heterocycles. The van der Waals surface area contributed by atoms with Gasteiger partial charge in [0.2, 0.25) is 0 Å². The summed E-state index contributed by atoms with van der Waals surface area (Å²) in [6, 6.07) is 12.5. The topological polar surface area (TPSA) is 87.9 Å². The number of ether oxygens (including phenoxy) is 1. The van der Waals surface area contributed by atoms with Crippen LogP contribution in [0.3, 0.4) is 0 Å². The van der Waals surface area contributed by atoms with Crippen molar-refractivity contribution in [3.05, 3.63) is 83.4 Å². The van der Waals surface area contributed by atoms with Gasteiger partial charge in [0.05, 0.1) is 17.9 Å². The van der Waals surface area contributed by atoms with Gasteiger partial charge in [-0.3, -0.25) is 9.59 Å². The Balaban J connectivity index is 1.53. The molecule has 1 saturated heterocycles. The van der Waals surface area contributed by atoms with Gasteiger partial charge in [0.15, 0.2) is 0 Å². The summed E-state index contributed by atoms with van der Waals surface area (Å²) in [5, 5.41) is 11.4. The number of Topliss-reactive ketones (excluding diaryl/α,β-unsaturated/α-hetero) is 1. The first kappa shape index (κ1) is 23.7. The number of ketones is 1. The highest BCUT2D eigenvalue weighted by Crippen LogP contribution is 2.41. The molecule has 0 spiro atoms. The number of anilines is 1. The molecule has 1 N–H and O–H groups in total. The third-order valence-corrected chi connectivity index (χ3v) is 6.81. The van der Waals surface area contributed by atoms with Crippen LogP contribution in [-0.2, 0) is 22.6 Å². The summed E-state index contributed by atoms with van der Waals surface area (Å²) in [7, 11) is 3.91.